The van der Waals surface area contributed by atoms with Gasteiger partial charge in [-0.3, -0.25) is 0 Å². The Morgan fingerprint density at radius 3 is 3.00 bits per heavy atom. The number of methoxy groups -OCH3 is 1. The fourth-order valence-electron chi connectivity index (χ4n) is 3.13. The molecular formula is C15H23N5OS2. The van der Waals surface area contributed by atoms with Gasteiger partial charge < -0.3 is 9.30 Å². The first kappa shape index (κ1) is 16.9. The Morgan fingerprint density at radius 2 is 2.22 bits per heavy atom. The highest BCUT2D eigenvalue weighted by molar-refractivity contribution is 8.00. The lowest BCUT2D eigenvalue weighted by Gasteiger charge is -2.29. The highest BCUT2D eigenvalue weighted by atomic mass is 32.2. The number of hydrogen-bond donors (Lipinski definition) is 0. The van der Waals surface area contributed by atoms with Crippen molar-refractivity contribution in [3.63, 3.8) is 0 Å². The third-order valence-corrected chi connectivity index (χ3v) is 6.02. The summed E-state index contributed by atoms with van der Waals surface area (Å²) in [5.74, 6) is 2.61. The van der Waals surface area contributed by atoms with Crippen molar-refractivity contribution in [3.8, 4) is 0 Å². The topological polar surface area (TPSA) is 65.7 Å². The zero-order valence-electron chi connectivity index (χ0n) is 13.9. The van der Waals surface area contributed by atoms with Crippen molar-refractivity contribution >= 4 is 23.3 Å². The quantitative estimate of drug-likeness (QED) is 0.791. The zero-order valence-corrected chi connectivity index (χ0v) is 15.5. The van der Waals surface area contributed by atoms with Crippen molar-refractivity contribution in [3.05, 3.63) is 11.6 Å². The van der Waals surface area contributed by atoms with Gasteiger partial charge in [-0.05, 0) is 49.0 Å². The van der Waals surface area contributed by atoms with Gasteiger partial charge in [0.05, 0.1) is 6.61 Å². The van der Waals surface area contributed by atoms with Crippen LogP contribution in [-0.4, -0.2) is 37.8 Å². The lowest BCUT2D eigenvalue weighted by Crippen LogP contribution is -2.19. The lowest BCUT2D eigenvalue weighted by molar-refractivity contribution is 0.200. The van der Waals surface area contributed by atoms with E-state index in [0.29, 0.717) is 12.6 Å². The molecule has 0 amide bonds. The van der Waals surface area contributed by atoms with Crippen molar-refractivity contribution in [2.24, 2.45) is 5.92 Å². The molecule has 0 saturated heterocycles. The molecule has 1 fully saturated rings. The molecule has 0 aliphatic heterocycles. The van der Waals surface area contributed by atoms with Crippen LogP contribution in [0.3, 0.4) is 0 Å². The Balaban J connectivity index is 1.74. The molecule has 23 heavy (non-hydrogen) atoms. The van der Waals surface area contributed by atoms with E-state index in [1.807, 2.05) is 6.92 Å². The standard InChI is InChI=1S/C15H23N5OS2/c1-10-5-4-6-12(9-10)20-11(2)17-18-14(20)22-15-16-13(19-23-15)7-8-21-3/h10,12H,4-9H2,1-3H3. The number of aromatic nitrogens is 5. The number of ether oxygens (including phenoxy) is 1. The lowest BCUT2D eigenvalue weighted by atomic mass is 9.87. The summed E-state index contributed by atoms with van der Waals surface area (Å²) in [6, 6.07) is 0.511. The molecule has 8 heteroatoms. The molecule has 0 radical (unpaired) electrons. The predicted molar refractivity (Wildman–Crippen MR) is 91.0 cm³/mol. The second-order valence-electron chi connectivity index (χ2n) is 6.15. The fraction of sp³-hybridized carbons (Fsp3) is 0.733. The summed E-state index contributed by atoms with van der Waals surface area (Å²) in [6.07, 6.45) is 5.79. The molecule has 0 bridgehead atoms. The smallest absolute Gasteiger partial charge is 0.198 e. The van der Waals surface area contributed by atoms with Gasteiger partial charge in [0.1, 0.15) is 11.6 Å². The van der Waals surface area contributed by atoms with Gasteiger partial charge >= 0.3 is 0 Å². The first-order valence-corrected chi connectivity index (χ1v) is 9.67. The Labute approximate surface area is 145 Å². The average molecular weight is 354 g/mol. The minimum atomic E-state index is 0.511. The van der Waals surface area contributed by atoms with Gasteiger partial charge in [0.15, 0.2) is 9.50 Å². The Hall–Kier alpha value is -0.990. The van der Waals surface area contributed by atoms with E-state index in [0.717, 1.165) is 33.5 Å². The van der Waals surface area contributed by atoms with Gasteiger partial charge in [0.2, 0.25) is 0 Å². The van der Waals surface area contributed by atoms with E-state index in [4.69, 9.17) is 4.74 Å². The summed E-state index contributed by atoms with van der Waals surface area (Å²) in [7, 11) is 1.69. The van der Waals surface area contributed by atoms with Crippen LogP contribution < -0.4 is 0 Å². The molecule has 126 valence electrons. The second-order valence-corrected chi connectivity index (χ2v) is 8.11. The third kappa shape index (κ3) is 4.10. The molecule has 2 aromatic heterocycles. The van der Waals surface area contributed by atoms with Crippen molar-refractivity contribution < 1.29 is 4.74 Å². The Bertz CT molecular complexity index is 642. The van der Waals surface area contributed by atoms with E-state index < -0.39 is 0 Å². The van der Waals surface area contributed by atoms with Gasteiger partial charge in [-0.1, -0.05) is 19.8 Å². The molecule has 3 rings (SSSR count). The Morgan fingerprint density at radius 1 is 1.35 bits per heavy atom. The number of rotatable bonds is 6. The first-order valence-electron chi connectivity index (χ1n) is 8.08. The van der Waals surface area contributed by atoms with Crippen LogP contribution in [0, 0.1) is 12.8 Å². The molecule has 6 nitrogen and oxygen atoms in total. The number of hydrogen-bond acceptors (Lipinski definition) is 7. The van der Waals surface area contributed by atoms with Crippen LogP contribution in [0.1, 0.15) is 50.3 Å². The normalized spacial score (nSPS) is 21.7. The predicted octanol–water partition coefficient (Wildman–Crippen LogP) is 3.53. The minimum Gasteiger partial charge on any atom is -0.384 e. The second kappa shape index (κ2) is 7.72. The molecule has 2 unspecified atom stereocenters. The molecule has 2 heterocycles. The maximum atomic E-state index is 5.08. The van der Waals surface area contributed by atoms with Crippen LogP contribution in [0.2, 0.25) is 0 Å². The molecule has 1 aliphatic rings. The fourth-order valence-corrected chi connectivity index (χ4v) is 4.84. The van der Waals surface area contributed by atoms with Gasteiger partial charge in [0.25, 0.3) is 0 Å². The maximum Gasteiger partial charge on any atom is 0.198 e. The van der Waals surface area contributed by atoms with Crippen LogP contribution in [0.5, 0.6) is 0 Å². The van der Waals surface area contributed by atoms with Crippen molar-refractivity contribution in [2.45, 2.75) is 61.5 Å². The van der Waals surface area contributed by atoms with Crippen LogP contribution in [0.15, 0.2) is 9.50 Å². The van der Waals surface area contributed by atoms with E-state index in [2.05, 4.69) is 31.0 Å². The molecular weight excluding hydrogens is 330 g/mol. The SMILES string of the molecule is COCCc1nsc(Sc2nnc(C)n2C2CCCC(C)C2)n1. The average Bonchev–Trinajstić information content (AvgIpc) is 3.12. The van der Waals surface area contributed by atoms with E-state index in [1.54, 1.807) is 18.9 Å². The zero-order chi connectivity index (χ0) is 16.2. The number of aryl methyl sites for hydroxylation is 1. The highest BCUT2D eigenvalue weighted by Gasteiger charge is 2.25. The summed E-state index contributed by atoms with van der Waals surface area (Å²) in [5, 5.41) is 9.61. The molecule has 0 spiro atoms. The van der Waals surface area contributed by atoms with E-state index >= 15 is 0 Å². The Kier molecular flexibility index (Phi) is 5.66. The number of nitrogens with zero attached hydrogens (tertiary/aromatic N) is 5. The molecule has 1 saturated carbocycles. The molecule has 2 aromatic rings. The van der Waals surface area contributed by atoms with Crippen LogP contribution >= 0.6 is 23.3 Å². The van der Waals surface area contributed by atoms with Gasteiger partial charge in [-0.25, -0.2) is 4.98 Å². The molecule has 0 N–H and O–H groups in total. The first-order chi connectivity index (χ1) is 11.2. The third-order valence-electron chi connectivity index (χ3n) is 4.27. The summed E-state index contributed by atoms with van der Waals surface area (Å²) < 4.78 is 12.7. The van der Waals surface area contributed by atoms with Crippen LogP contribution in [0.25, 0.3) is 0 Å². The van der Waals surface area contributed by atoms with Crippen molar-refractivity contribution in [1.82, 2.24) is 24.1 Å². The summed E-state index contributed by atoms with van der Waals surface area (Å²) >= 11 is 3.00. The van der Waals surface area contributed by atoms with E-state index in [1.165, 1.54) is 37.2 Å². The monoisotopic (exact) mass is 353 g/mol. The van der Waals surface area contributed by atoms with Gasteiger partial charge in [-0.2, -0.15) is 4.37 Å². The van der Waals surface area contributed by atoms with Crippen LogP contribution in [-0.2, 0) is 11.2 Å². The minimum absolute atomic E-state index is 0.511. The summed E-state index contributed by atoms with van der Waals surface area (Å²) in [5.41, 5.74) is 0. The molecule has 1 aliphatic carbocycles. The van der Waals surface area contributed by atoms with Crippen molar-refractivity contribution in [2.75, 3.05) is 13.7 Å². The molecule has 2 atom stereocenters. The van der Waals surface area contributed by atoms with Gasteiger partial charge in [-0.15, -0.1) is 10.2 Å². The van der Waals surface area contributed by atoms with Crippen molar-refractivity contribution in [1.29, 1.82) is 0 Å². The maximum absolute atomic E-state index is 5.08. The summed E-state index contributed by atoms with van der Waals surface area (Å²) in [4.78, 5) is 4.56. The van der Waals surface area contributed by atoms with E-state index in [9.17, 15) is 0 Å². The van der Waals surface area contributed by atoms with Crippen LogP contribution in [0.4, 0.5) is 0 Å². The highest BCUT2D eigenvalue weighted by Crippen LogP contribution is 2.37. The summed E-state index contributed by atoms with van der Waals surface area (Å²) in [6.45, 7) is 5.03. The van der Waals surface area contributed by atoms with Gasteiger partial charge in [0, 0.05) is 19.6 Å². The largest absolute Gasteiger partial charge is 0.384 e. The van der Waals surface area contributed by atoms with E-state index in [-0.39, 0.29) is 0 Å². The molecule has 0 aromatic carbocycles.